The highest BCUT2D eigenvalue weighted by atomic mass is 19.2. The first-order valence-electron chi connectivity index (χ1n) is 10.4. The molecule has 0 saturated carbocycles. The first kappa shape index (κ1) is 24.1. The van der Waals surface area contributed by atoms with E-state index in [1.54, 1.807) is 13.0 Å². The van der Waals surface area contributed by atoms with E-state index in [1.807, 2.05) is 13.8 Å². The fourth-order valence-electron chi connectivity index (χ4n) is 3.34. The van der Waals surface area contributed by atoms with E-state index in [2.05, 4.69) is 25.8 Å². The number of aromatic amines is 1. The van der Waals surface area contributed by atoms with Crippen LogP contribution in [0.1, 0.15) is 29.8 Å². The van der Waals surface area contributed by atoms with Gasteiger partial charge in [-0.15, -0.1) is 0 Å². The normalized spacial score (nSPS) is 14.1. The van der Waals surface area contributed by atoms with Crippen molar-refractivity contribution in [2.75, 3.05) is 30.3 Å². The van der Waals surface area contributed by atoms with Crippen LogP contribution in [0.15, 0.2) is 36.7 Å². The van der Waals surface area contributed by atoms with Crippen molar-refractivity contribution in [1.82, 2.24) is 20.1 Å². The highest BCUT2D eigenvalue weighted by Crippen LogP contribution is 2.31. The van der Waals surface area contributed by atoms with Crippen molar-refractivity contribution >= 4 is 23.2 Å². The second kappa shape index (κ2) is 9.90. The number of aryl methyl sites for hydroxylation is 1. The summed E-state index contributed by atoms with van der Waals surface area (Å²) in [4.78, 5) is 18.1. The number of aliphatic hydroxyl groups is 1. The van der Waals surface area contributed by atoms with Gasteiger partial charge in [0.1, 0.15) is 17.7 Å². The monoisotopic (exact) mass is 462 g/mol. The third-order valence-corrected chi connectivity index (χ3v) is 4.97. The fourth-order valence-corrected chi connectivity index (χ4v) is 3.34. The Balaban J connectivity index is 0.00000149. The van der Waals surface area contributed by atoms with Crippen LogP contribution in [-0.2, 0) is 0 Å². The van der Waals surface area contributed by atoms with Crippen molar-refractivity contribution in [2.45, 2.75) is 26.4 Å². The highest BCUT2D eigenvalue weighted by molar-refractivity contribution is 6.01. The number of amides is 1. The number of hydrogen-bond acceptors (Lipinski definition) is 6. The van der Waals surface area contributed by atoms with Crippen molar-refractivity contribution < 1.29 is 23.1 Å². The largest absolute Gasteiger partial charge is 0.384 e. The quantitative estimate of drug-likeness (QED) is 0.446. The molecule has 1 aromatic heterocycles. The van der Waals surface area contributed by atoms with Gasteiger partial charge in [0, 0.05) is 6.54 Å². The average molecular weight is 462 g/mol. The number of nitrogens with one attached hydrogen (secondary N) is 3. The van der Waals surface area contributed by atoms with Crippen LogP contribution in [0.3, 0.4) is 0 Å². The molecule has 4 N–H and O–H groups in total. The number of likely N-dealkylation sites (tertiary alicyclic amines) is 1. The van der Waals surface area contributed by atoms with Gasteiger partial charge in [0.05, 0.1) is 30.0 Å². The Bertz CT molecular complexity index is 1120. The van der Waals surface area contributed by atoms with Gasteiger partial charge in [-0.1, -0.05) is 19.9 Å². The van der Waals surface area contributed by atoms with Crippen LogP contribution in [0.2, 0.25) is 0 Å². The Kier molecular flexibility index (Phi) is 7.22. The van der Waals surface area contributed by atoms with Crippen LogP contribution in [-0.4, -0.2) is 56.3 Å². The Labute approximate surface area is 188 Å². The molecule has 0 atom stereocenters. The molecule has 4 rings (SSSR count). The van der Waals surface area contributed by atoms with Crippen molar-refractivity contribution in [3.63, 3.8) is 0 Å². The molecule has 0 unspecified atom stereocenters. The molecule has 1 fully saturated rings. The van der Waals surface area contributed by atoms with E-state index >= 15 is 0 Å². The molecule has 2 aromatic carbocycles. The molecule has 1 amide bonds. The van der Waals surface area contributed by atoms with Crippen LogP contribution in [0.25, 0.3) is 0 Å². The molecular formula is C22H25F3N6O2. The molecule has 1 saturated heterocycles. The summed E-state index contributed by atoms with van der Waals surface area (Å²) < 4.78 is 42.6. The van der Waals surface area contributed by atoms with Gasteiger partial charge in [-0.05, 0) is 36.8 Å². The lowest BCUT2D eigenvalue weighted by Gasteiger charge is -2.46. The lowest BCUT2D eigenvalue weighted by atomic mass is 9.93. The molecule has 0 radical (unpaired) electrons. The summed E-state index contributed by atoms with van der Waals surface area (Å²) in [6, 6.07) is 6.16. The molecule has 2 heterocycles. The third-order valence-electron chi connectivity index (χ3n) is 4.97. The molecule has 0 bridgehead atoms. The number of carbonyl (C=O) groups excluding carboxylic acids is 1. The summed E-state index contributed by atoms with van der Waals surface area (Å²) in [5, 5.41) is 22.1. The molecule has 8 nitrogen and oxygen atoms in total. The summed E-state index contributed by atoms with van der Waals surface area (Å²) >= 11 is 0. The maximum Gasteiger partial charge on any atom is 0.256 e. The summed E-state index contributed by atoms with van der Waals surface area (Å²) in [7, 11) is 0. The van der Waals surface area contributed by atoms with Gasteiger partial charge in [0.25, 0.3) is 5.91 Å². The standard InChI is InChI=1S/C20H19F3N6O2.C2H6/c1-11-2-5-15(14(22)6-11)27-17-12(3-4-13(21)16(17)23)18(30)29-8-20(31,9-29)7-24-19-25-10-26-28-19;1-2/h2-6,10,27,31H,7-9H2,1H3,(H2,24,25,26,28);1-2H3. The molecule has 33 heavy (non-hydrogen) atoms. The van der Waals surface area contributed by atoms with Gasteiger partial charge in [0.2, 0.25) is 5.95 Å². The zero-order chi connectivity index (χ0) is 24.2. The van der Waals surface area contributed by atoms with Gasteiger partial charge < -0.3 is 20.6 Å². The molecular weight excluding hydrogens is 437 g/mol. The predicted octanol–water partition coefficient (Wildman–Crippen LogP) is 3.60. The Morgan fingerprint density at radius 2 is 1.91 bits per heavy atom. The third kappa shape index (κ3) is 5.25. The molecule has 1 aliphatic heterocycles. The number of anilines is 3. The number of rotatable bonds is 6. The van der Waals surface area contributed by atoms with E-state index in [4.69, 9.17) is 0 Å². The van der Waals surface area contributed by atoms with E-state index < -0.39 is 34.6 Å². The maximum atomic E-state index is 14.5. The van der Waals surface area contributed by atoms with Crippen LogP contribution >= 0.6 is 0 Å². The number of H-pyrrole nitrogens is 1. The fraction of sp³-hybridized carbons (Fsp3) is 0.318. The van der Waals surface area contributed by atoms with E-state index in [1.165, 1.54) is 23.4 Å². The van der Waals surface area contributed by atoms with Crippen LogP contribution in [0.4, 0.5) is 30.5 Å². The molecule has 11 heteroatoms. The molecule has 0 spiro atoms. The number of carbonyl (C=O) groups is 1. The number of hydrogen-bond donors (Lipinski definition) is 4. The van der Waals surface area contributed by atoms with Gasteiger partial charge in [-0.2, -0.15) is 5.10 Å². The van der Waals surface area contributed by atoms with Crippen LogP contribution in [0.5, 0.6) is 0 Å². The summed E-state index contributed by atoms with van der Waals surface area (Å²) in [6.07, 6.45) is 1.30. The van der Waals surface area contributed by atoms with E-state index in [0.717, 1.165) is 12.1 Å². The number of aromatic nitrogens is 3. The SMILES string of the molecule is CC.Cc1ccc(Nc2c(C(=O)N3CC(O)(CNc4ncn[nH]4)C3)ccc(F)c2F)c(F)c1. The zero-order valence-electron chi connectivity index (χ0n) is 18.4. The van der Waals surface area contributed by atoms with Gasteiger partial charge >= 0.3 is 0 Å². The Morgan fingerprint density at radius 3 is 2.55 bits per heavy atom. The van der Waals surface area contributed by atoms with Crippen LogP contribution in [0, 0.1) is 24.4 Å². The first-order valence-corrected chi connectivity index (χ1v) is 10.4. The second-order valence-electron chi connectivity index (χ2n) is 7.47. The van der Waals surface area contributed by atoms with Crippen molar-refractivity contribution in [2.24, 2.45) is 0 Å². The molecule has 176 valence electrons. The highest BCUT2D eigenvalue weighted by Gasteiger charge is 2.44. The number of nitrogens with zero attached hydrogens (tertiary/aromatic N) is 3. The summed E-state index contributed by atoms with van der Waals surface area (Å²) in [5.74, 6) is -3.40. The number of benzene rings is 2. The number of β-amino-alcohol motifs (C(OH)–C–C–N with tert-alkyl or cyclic N) is 1. The van der Waals surface area contributed by atoms with Crippen molar-refractivity contribution in [3.8, 4) is 0 Å². The Hall–Kier alpha value is -3.60. The lowest BCUT2D eigenvalue weighted by Crippen LogP contribution is -2.66. The van der Waals surface area contributed by atoms with Crippen LogP contribution < -0.4 is 10.6 Å². The zero-order valence-corrected chi connectivity index (χ0v) is 18.4. The predicted molar refractivity (Wildman–Crippen MR) is 118 cm³/mol. The summed E-state index contributed by atoms with van der Waals surface area (Å²) in [5.41, 5.74) is -1.32. The summed E-state index contributed by atoms with van der Waals surface area (Å²) in [6.45, 7) is 5.71. The van der Waals surface area contributed by atoms with E-state index in [-0.39, 0.29) is 30.9 Å². The van der Waals surface area contributed by atoms with Crippen molar-refractivity contribution in [1.29, 1.82) is 0 Å². The van der Waals surface area contributed by atoms with E-state index in [9.17, 15) is 23.1 Å². The molecule has 0 aliphatic carbocycles. The van der Waals surface area contributed by atoms with Crippen molar-refractivity contribution in [3.05, 3.63) is 65.2 Å². The number of halogens is 3. The average Bonchev–Trinajstić information content (AvgIpc) is 3.30. The minimum Gasteiger partial charge on any atom is -0.384 e. The minimum atomic E-state index is -1.30. The second-order valence-corrected chi connectivity index (χ2v) is 7.47. The maximum absolute atomic E-state index is 14.5. The van der Waals surface area contributed by atoms with Gasteiger partial charge in [0.15, 0.2) is 11.6 Å². The smallest absolute Gasteiger partial charge is 0.256 e. The molecule has 3 aromatic rings. The first-order chi connectivity index (χ1) is 15.8. The van der Waals surface area contributed by atoms with Gasteiger partial charge in [-0.3, -0.25) is 4.79 Å². The lowest BCUT2D eigenvalue weighted by molar-refractivity contribution is -0.0707. The van der Waals surface area contributed by atoms with Gasteiger partial charge in [-0.25, -0.2) is 23.3 Å². The molecule has 1 aliphatic rings. The van der Waals surface area contributed by atoms with E-state index in [0.29, 0.717) is 11.5 Å². The Morgan fingerprint density at radius 1 is 1.18 bits per heavy atom. The topological polar surface area (TPSA) is 106 Å². The minimum absolute atomic E-state index is 0.0374.